The van der Waals surface area contributed by atoms with Gasteiger partial charge in [0.05, 0.1) is 6.04 Å². The molecule has 2 heterocycles. The molecule has 1 aromatic carbocycles. The van der Waals surface area contributed by atoms with Gasteiger partial charge in [-0.1, -0.05) is 29.8 Å². The number of fused-ring (bicyclic) bond motifs is 1. The molecule has 1 aliphatic heterocycles. The van der Waals surface area contributed by atoms with Crippen LogP contribution in [0.3, 0.4) is 0 Å². The number of benzene rings is 1. The van der Waals surface area contributed by atoms with E-state index in [0.29, 0.717) is 11.6 Å². The molecular weight excluding hydrogens is 272 g/mol. The second kappa shape index (κ2) is 4.91. The zero-order valence-corrected chi connectivity index (χ0v) is 12.2. The van der Waals surface area contributed by atoms with Gasteiger partial charge < -0.3 is 4.90 Å². The smallest absolute Gasteiger partial charge is 0.159 e. The molecule has 0 radical (unpaired) electrons. The number of nitrogens with zero attached hydrogens (tertiary/aromatic N) is 2. The molecular formula is C16H15ClN2O. The van der Waals surface area contributed by atoms with Crippen LogP contribution < -0.4 is 4.90 Å². The number of rotatable bonds is 1. The number of carbonyl (C=O) groups is 1. The first-order chi connectivity index (χ1) is 9.56. The molecule has 102 valence electrons. The zero-order chi connectivity index (χ0) is 14.3. The van der Waals surface area contributed by atoms with Crippen LogP contribution in [0.1, 0.15) is 18.1 Å². The molecule has 0 N–H and O–H groups in total. The van der Waals surface area contributed by atoms with Crippen molar-refractivity contribution >= 4 is 28.9 Å². The minimum absolute atomic E-state index is 0.197. The molecule has 0 aliphatic carbocycles. The largest absolute Gasteiger partial charge is 0.316 e. The molecule has 0 saturated heterocycles. The van der Waals surface area contributed by atoms with Crippen LogP contribution in [0, 0.1) is 6.92 Å². The van der Waals surface area contributed by atoms with Crippen LogP contribution in [0.2, 0.25) is 5.15 Å². The normalized spacial score (nSPS) is 18.1. The van der Waals surface area contributed by atoms with Gasteiger partial charge in [-0.2, -0.15) is 0 Å². The SMILES string of the molecule is Cc1cccc(N2c3nc(Cl)ccc3CC(=O)C2C)c1. The first-order valence-corrected chi connectivity index (χ1v) is 6.98. The van der Waals surface area contributed by atoms with Crippen molar-refractivity contribution in [2.24, 2.45) is 0 Å². The van der Waals surface area contributed by atoms with Crippen LogP contribution in [0.25, 0.3) is 0 Å². The lowest BCUT2D eigenvalue weighted by molar-refractivity contribution is -0.119. The van der Waals surface area contributed by atoms with E-state index in [-0.39, 0.29) is 11.8 Å². The fourth-order valence-electron chi connectivity index (χ4n) is 2.59. The minimum Gasteiger partial charge on any atom is -0.316 e. The fourth-order valence-corrected chi connectivity index (χ4v) is 2.73. The molecule has 1 aliphatic rings. The van der Waals surface area contributed by atoms with Gasteiger partial charge in [-0.25, -0.2) is 4.98 Å². The van der Waals surface area contributed by atoms with Gasteiger partial charge >= 0.3 is 0 Å². The molecule has 0 saturated carbocycles. The van der Waals surface area contributed by atoms with Gasteiger partial charge in [-0.15, -0.1) is 0 Å². The van der Waals surface area contributed by atoms with Crippen molar-refractivity contribution in [3.05, 3.63) is 52.7 Å². The van der Waals surface area contributed by atoms with Crippen LogP contribution in [-0.4, -0.2) is 16.8 Å². The van der Waals surface area contributed by atoms with Crippen molar-refractivity contribution in [1.29, 1.82) is 0 Å². The quantitative estimate of drug-likeness (QED) is 0.750. The van der Waals surface area contributed by atoms with Crippen molar-refractivity contribution in [2.45, 2.75) is 26.3 Å². The fraction of sp³-hybridized carbons (Fsp3) is 0.250. The highest BCUT2D eigenvalue weighted by molar-refractivity contribution is 6.29. The lowest BCUT2D eigenvalue weighted by Gasteiger charge is -2.35. The number of hydrogen-bond acceptors (Lipinski definition) is 3. The van der Waals surface area contributed by atoms with Crippen molar-refractivity contribution in [3.8, 4) is 0 Å². The summed E-state index contributed by atoms with van der Waals surface area (Å²) in [5.41, 5.74) is 3.05. The Hall–Kier alpha value is -1.87. The van der Waals surface area contributed by atoms with Crippen molar-refractivity contribution < 1.29 is 4.79 Å². The highest BCUT2D eigenvalue weighted by Crippen LogP contribution is 2.35. The van der Waals surface area contributed by atoms with E-state index < -0.39 is 0 Å². The average Bonchev–Trinajstić information content (AvgIpc) is 2.41. The second-order valence-electron chi connectivity index (χ2n) is 5.14. The van der Waals surface area contributed by atoms with Crippen LogP contribution in [0.15, 0.2) is 36.4 Å². The first kappa shape index (κ1) is 13.1. The van der Waals surface area contributed by atoms with E-state index in [2.05, 4.69) is 11.1 Å². The van der Waals surface area contributed by atoms with Gasteiger partial charge in [0, 0.05) is 17.7 Å². The van der Waals surface area contributed by atoms with Gasteiger partial charge in [0.2, 0.25) is 0 Å². The molecule has 20 heavy (non-hydrogen) atoms. The molecule has 1 aromatic heterocycles. The Bertz CT molecular complexity index is 684. The monoisotopic (exact) mass is 286 g/mol. The van der Waals surface area contributed by atoms with Crippen molar-refractivity contribution in [3.63, 3.8) is 0 Å². The van der Waals surface area contributed by atoms with Crippen LogP contribution in [-0.2, 0) is 11.2 Å². The van der Waals surface area contributed by atoms with Gasteiger partial charge in [-0.05, 0) is 37.6 Å². The Morgan fingerprint density at radius 2 is 2.10 bits per heavy atom. The van der Waals surface area contributed by atoms with Crippen LogP contribution >= 0.6 is 11.6 Å². The average molecular weight is 287 g/mol. The van der Waals surface area contributed by atoms with E-state index in [4.69, 9.17) is 11.6 Å². The molecule has 1 atom stereocenters. The second-order valence-corrected chi connectivity index (χ2v) is 5.53. The lowest BCUT2D eigenvalue weighted by atomic mass is 9.97. The summed E-state index contributed by atoms with van der Waals surface area (Å²) in [5.74, 6) is 0.985. The molecule has 4 heteroatoms. The topological polar surface area (TPSA) is 33.2 Å². The van der Waals surface area contributed by atoms with E-state index >= 15 is 0 Å². The third-order valence-electron chi connectivity index (χ3n) is 3.65. The van der Waals surface area contributed by atoms with Crippen LogP contribution in [0.4, 0.5) is 11.5 Å². The number of carbonyl (C=O) groups excluding carboxylic acids is 1. The van der Waals surface area contributed by atoms with E-state index in [9.17, 15) is 4.79 Å². The van der Waals surface area contributed by atoms with E-state index in [0.717, 1.165) is 22.6 Å². The Balaban J connectivity index is 2.18. The van der Waals surface area contributed by atoms with E-state index in [1.54, 1.807) is 6.07 Å². The number of aromatic nitrogens is 1. The predicted molar refractivity (Wildman–Crippen MR) is 80.7 cm³/mol. The maximum atomic E-state index is 12.2. The number of ketones is 1. The predicted octanol–water partition coefficient (Wildman–Crippen LogP) is 3.70. The van der Waals surface area contributed by atoms with Gasteiger partial charge in [-0.3, -0.25) is 4.79 Å². The molecule has 0 spiro atoms. The summed E-state index contributed by atoms with van der Waals surface area (Å²) in [6.45, 7) is 3.95. The molecule has 1 unspecified atom stereocenters. The number of hydrogen-bond donors (Lipinski definition) is 0. The standard InChI is InChI=1S/C16H15ClN2O/c1-10-4-3-5-13(8-10)19-11(2)14(20)9-12-6-7-15(17)18-16(12)19/h3-8,11H,9H2,1-2H3. The summed E-state index contributed by atoms with van der Waals surface area (Å²) in [6, 6.07) is 11.5. The van der Waals surface area contributed by atoms with E-state index in [1.807, 2.05) is 43.0 Å². The van der Waals surface area contributed by atoms with Crippen LogP contribution in [0.5, 0.6) is 0 Å². The number of Topliss-reactive ketones (excluding diaryl/α,β-unsaturated/α-hetero) is 1. The Morgan fingerprint density at radius 3 is 2.85 bits per heavy atom. The molecule has 3 nitrogen and oxygen atoms in total. The maximum absolute atomic E-state index is 12.2. The minimum atomic E-state index is -0.227. The summed E-state index contributed by atoms with van der Waals surface area (Å²) in [6.07, 6.45) is 0.420. The number of anilines is 2. The molecule has 0 bridgehead atoms. The van der Waals surface area contributed by atoms with Gasteiger partial charge in [0.15, 0.2) is 5.78 Å². The summed E-state index contributed by atoms with van der Waals surface area (Å²) < 4.78 is 0. The summed E-state index contributed by atoms with van der Waals surface area (Å²) in [4.78, 5) is 18.6. The molecule has 3 rings (SSSR count). The third kappa shape index (κ3) is 2.18. The molecule has 0 fully saturated rings. The maximum Gasteiger partial charge on any atom is 0.159 e. The van der Waals surface area contributed by atoms with E-state index in [1.165, 1.54) is 0 Å². The number of halogens is 1. The summed E-state index contributed by atoms with van der Waals surface area (Å²) in [5, 5.41) is 0.447. The van der Waals surface area contributed by atoms with Crippen molar-refractivity contribution in [2.75, 3.05) is 4.90 Å². The Labute approximate surface area is 123 Å². The first-order valence-electron chi connectivity index (χ1n) is 6.60. The number of pyridine rings is 1. The Morgan fingerprint density at radius 1 is 1.30 bits per heavy atom. The molecule has 0 amide bonds. The Kier molecular flexibility index (Phi) is 3.22. The third-order valence-corrected chi connectivity index (χ3v) is 3.86. The van der Waals surface area contributed by atoms with Gasteiger partial charge in [0.1, 0.15) is 11.0 Å². The molecule has 2 aromatic rings. The highest BCUT2D eigenvalue weighted by atomic mass is 35.5. The lowest BCUT2D eigenvalue weighted by Crippen LogP contribution is -2.41. The summed E-state index contributed by atoms with van der Waals surface area (Å²) in [7, 11) is 0. The van der Waals surface area contributed by atoms with Crippen molar-refractivity contribution in [1.82, 2.24) is 4.98 Å². The van der Waals surface area contributed by atoms with Gasteiger partial charge in [0.25, 0.3) is 0 Å². The zero-order valence-electron chi connectivity index (χ0n) is 11.4. The summed E-state index contributed by atoms with van der Waals surface area (Å²) >= 11 is 6.02. The number of aryl methyl sites for hydroxylation is 1. The highest BCUT2D eigenvalue weighted by Gasteiger charge is 2.31.